The van der Waals surface area contributed by atoms with Gasteiger partial charge in [-0.15, -0.1) is 0 Å². The first-order valence-electron chi connectivity index (χ1n) is 14.7. The zero-order chi connectivity index (χ0) is 30.5. The van der Waals surface area contributed by atoms with Crippen LogP contribution in [0.3, 0.4) is 0 Å². The molecule has 0 bridgehead atoms. The van der Waals surface area contributed by atoms with Crippen molar-refractivity contribution in [1.82, 2.24) is 16.0 Å². The van der Waals surface area contributed by atoms with Gasteiger partial charge in [-0.25, -0.2) is 0 Å². The third-order valence-corrected chi connectivity index (χ3v) is 6.29. The van der Waals surface area contributed by atoms with E-state index in [1.165, 1.54) is 19.3 Å². The van der Waals surface area contributed by atoms with Gasteiger partial charge in [0.2, 0.25) is 29.5 Å². The molecule has 0 aromatic rings. The molecule has 0 aromatic carbocycles. The van der Waals surface area contributed by atoms with Crippen LogP contribution in [0.15, 0.2) is 0 Å². The number of amides is 5. The van der Waals surface area contributed by atoms with Crippen LogP contribution >= 0.6 is 0 Å². The van der Waals surface area contributed by atoms with Gasteiger partial charge < -0.3 is 37.3 Å². The van der Waals surface area contributed by atoms with Crippen LogP contribution in [0.25, 0.3) is 0 Å². The van der Waals surface area contributed by atoms with Crippen LogP contribution < -0.4 is 27.4 Å². The average molecular weight is 572 g/mol. The van der Waals surface area contributed by atoms with Crippen LogP contribution in [0.2, 0.25) is 0 Å². The normalized spacial score (nSPS) is 14.2. The lowest BCUT2D eigenvalue weighted by Crippen LogP contribution is -2.56. The number of hydrogen-bond donors (Lipinski definition) is 6. The van der Waals surface area contributed by atoms with E-state index in [2.05, 4.69) is 22.9 Å². The molecule has 40 heavy (non-hydrogen) atoms. The molecule has 0 fully saturated rings. The molecule has 0 spiro atoms. The maximum Gasteiger partial charge on any atom is 0.244 e. The van der Waals surface area contributed by atoms with Crippen molar-refractivity contribution in [3.63, 3.8) is 0 Å². The number of carbonyl (C=O) groups excluding carboxylic acids is 5. The zero-order valence-electron chi connectivity index (χ0n) is 24.8. The quantitative estimate of drug-likeness (QED) is 0.0743. The zero-order valence-corrected chi connectivity index (χ0v) is 24.8. The fourth-order valence-corrected chi connectivity index (χ4v) is 4.20. The van der Waals surface area contributed by atoms with Crippen LogP contribution in [-0.4, -0.2) is 65.7 Å². The van der Waals surface area contributed by atoms with Crippen LogP contribution in [-0.2, 0) is 28.7 Å². The summed E-state index contributed by atoms with van der Waals surface area (Å²) in [7, 11) is 0. The van der Waals surface area contributed by atoms with Gasteiger partial charge >= 0.3 is 0 Å². The van der Waals surface area contributed by atoms with E-state index in [1.807, 2.05) is 13.8 Å². The van der Waals surface area contributed by atoms with Gasteiger partial charge in [0.15, 0.2) is 0 Å². The van der Waals surface area contributed by atoms with Crippen molar-refractivity contribution in [2.24, 2.45) is 17.4 Å². The molecule has 12 heteroatoms. The summed E-state index contributed by atoms with van der Waals surface area (Å²) >= 11 is 0. The van der Waals surface area contributed by atoms with Crippen molar-refractivity contribution in [2.45, 2.75) is 136 Å². The van der Waals surface area contributed by atoms with Crippen molar-refractivity contribution in [1.29, 1.82) is 0 Å². The Hall–Kier alpha value is -2.73. The van der Waals surface area contributed by atoms with Crippen molar-refractivity contribution in [3.05, 3.63) is 0 Å². The molecule has 5 amide bonds. The van der Waals surface area contributed by atoms with Crippen LogP contribution in [0, 0.1) is 5.92 Å². The number of hydrogen-bond acceptors (Lipinski definition) is 7. The predicted octanol–water partition coefficient (Wildman–Crippen LogP) is 1.51. The minimum absolute atomic E-state index is 0.0954. The van der Waals surface area contributed by atoms with Gasteiger partial charge in [-0.2, -0.15) is 0 Å². The van der Waals surface area contributed by atoms with E-state index in [0.29, 0.717) is 19.4 Å². The van der Waals surface area contributed by atoms with Gasteiger partial charge in [-0.3, -0.25) is 24.0 Å². The monoisotopic (exact) mass is 571 g/mol. The molecule has 4 atom stereocenters. The molecule has 0 aliphatic heterocycles. The highest BCUT2D eigenvalue weighted by molar-refractivity contribution is 5.94. The Bertz CT molecular complexity index is 778. The van der Waals surface area contributed by atoms with Crippen LogP contribution in [0.1, 0.15) is 111 Å². The van der Waals surface area contributed by atoms with E-state index in [1.54, 1.807) is 6.92 Å². The van der Waals surface area contributed by atoms with Gasteiger partial charge in [0.1, 0.15) is 18.3 Å². The molecule has 0 radical (unpaired) electrons. The first-order chi connectivity index (χ1) is 18.9. The second-order valence-corrected chi connectivity index (χ2v) is 10.7. The summed E-state index contributed by atoms with van der Waals surface area (Å²) in [5.41, 5.74) is 10.5. The maximum atomic E-state index is 13.0. The number of unbranched alkanes of at least 4 members (excludes halogenated alkanes) is 6. The van der Waals surface area contributed by atoms with Crippen molar-refractivity contribution in [2.75, 3.05) is 6.61 Å². The predicted molar refractivity (Wildman–Crippen MR) is 152 cm³/mol. The standard InChI is InChI=1S/C28H53N5O7/c1-5-7-8-9-10-11-12-13-20(34)17-25(37)31-22(18-24(30)36)28(39)32-21(14-15-23(29)35)27(38)33-26(40-6-2)16-19(3)4/h19-22,26,34H,5-18H2,1-4H3,(H2,29,35)(H2,30,36)(H,31,37)(H,32,39)(H,33,38)/t20-,21+,22+,26?/m1/s1. The first kappa shape index (κ1) is 37.3. The smallest absolute Gasteiger partial charge is 0.244 e. The molecule has 0 saturated carbocycles. The summed E-state index contributed by atoms with van der Waals surface area (Å²) in [6.07, 6.45) is 6.00. The largest absolute Gasteiger partial charge is 0.393 e. The summed E-state index contributed by atoms with van der Waals surface area (Å²) in [5.74, 6) is -3.32. The van der Waals surface area contributed by atoms with Crippen molar-refractivity contribution >= 4 is 29.5 Å². The molecule has 0 aliphatic carbocycles. The first-order valence-corrected chi connectivity index (χ1v) is 14.7. The van der Waals surface area contributed by atoms with Gasteiger partial charge in [0, 0.05) is 13.0 Å². The molecule has 12 nitrogen and oxygen atoms in total. The topological polar surface area (TPSA) is 203 Å². The third kappa shape index (κ3) is 19.3. The van der Waals surface area contributed by atoms with Crippen molar-refractivity contribution in [3.8, 4) is 0 Å². The van der Waals surface area contributed by atoms with Gasteiger partial charge in [-0.1, -0.05) is 65.7 Å². The molecule has 0 aliphatic rings. The minimum Gasteiger partial charge on any atom is -0.393 e. The Morgan fingerprint density at radius 1 is 0.750 bits per heavy atom. The van der Waals surface area contributed by atoms with E-state index >= 15 is 0 Å². The van der Waals surface area contributed by atoms with Crippen LogP contribution in [0.4, 0.5) is 0 Å². The summed E-state index contributed by atoms with van der Waals surface area (Å²) in [4.78, 5) is 61.6. The third-order valence-electron chi connectivity index (χ3n) is 6.29. The molecular formula is C28H53N5O7. The van der Waals surface area contributed by atoms with Gasteiger partial charge in [0.25, 0.3) is 0 Å². The maximum absolute atomic E-state index is 13.0. The number of aliphatic hydroxyl groups excluding tert-OH is 1. The summed E-state index contributed by atoms with van der Waals surface area (Å²) in [6.45, 7) is 8.23. The summed E-state index contributed by atoms with van der Waals surface area (Å²) in [5, 5.41) is 17.9. The number of aliphatic hydroxyl groups is 1. The van der Waals surface area contributed by atoms with Gasteiger partial charge in [-0.05, 0) is 32.1 Å². The lowest BCUT2D eigenvalue weighted by atomic mass is 10.0. The number of rotatable bonds is 24. The number of carbonyl (C=O) groups is 5. The second-order valence-electron chi connectivity index (χ2n) is 10.7. The molecule has 0 saturated heterocycles. The van der Waals surface area contributed by atoms with E-state index in [-0.39, 0.29) is 25.2 Å². The lowest BCUT2D eigenvalue weighted by molar-refractivity contribution is -0.135. The fraction of sp³-hybridized carbons (Fsp3) is 0.821. The lowest BCUT2D eigenvalue weighted by Gasteiger charge is -2.26. The van der Waals surface area contributed by atoms with Gasteiger partial charge in [0.05, 0.1) is 18.9 Å². The average Bonchev–Trinajstić information content (AvgIpc) is 2.84. The van der Waals surface area contributed by atoms with E-state index < -0.39 is 60.4 Å². The van der Waals surface area contributed by atoms with Crippen LogP contribution in [0.5, 0.6) is 0 Å². The highest BCUT2D eigenvalue weighted by Gasteiger charge is 2.29. The summed E-state index contributed by atoms with van der Waals surface area (Å²) in [6, 6.07) is -2.54. The second kappa shape index (κ2) is 22.0. The number of nitrogens with two attached hydrogens (primary N) is 2. The Morgan fingerprint density at radius 3 is 1.90 bits per heavy atom. The Morgan fingerprint density at radius 2 is 1.35 bits per heavy atom. The van der Waals surface area contributed by atoms with E-state index in [4.69, 9.17) is 16.2 Å². The minimum atomic E-state index is -1.36. The van der Waals surface area contributed by atoms with E-state index in [0.717, 1.165) is 25.7 Å². The molecule has 0 rings (SSSR count). The molecule has 0 heterocycles. The molecular weight excluding hydrogens is 518 g/mol. The molecule has 8 N–H and O–H groups in total. The molecule has 1 unspecified atom stereocenters. The number of primary amides is 2. The fourth-order valence-electron chi connectivity index (χ4n) is 4.20. The summed E-state index contributed by atoms with van der Waals surface area (Å²) < 4.78 is 5.57. The van der Waals surface area contributed by atoms with E-state index in [9.17, 15) is 29.1 Å². The Balaban J connectivity index is 5.17. The van der Waals surface area contributed by atoms with Crippen molar-refractivity contribution < 1.29 is 33.8 Å². The molecule has 232 valence electrons. The SMILES string of the molecule is CCCCCCCCC[C@@H](O)CC(=O)N[C@@H](CC(N)=O)C(=O)N[C@@H](CCC(N)=O)C(=O)NC(CC(C)C)OCC. The highest BCUT2D eigenvalue weighted by atomic mass is 16.5. The Kier molecular flexibility index (Phi) is 20.5. The number of nitrogens with one attached hydrogen (secondary N) is 3. The molecule has 0 aromatic heterocycles. The highest BCUT2D eigenvalue weighted by Crippen LogP contribution is 2.12. The number of ether oxygens (including phenoxy) is 1. The Labute approximate surface area is 239 Å².